The fourth-order valence-corrected chi connectivity index (χ4v) is 3.67. The maximum absolute atomic E-state index is 12.6. The lowest BCUT2D eigenvalue weighted by Crippen LogP contribution is -2.48. The monoisotopic (exact) mass is 365 g/mol. The maximum atomic E-state index is 12.6. The van der Waals surface area contributed by atoms with Gasteiger partial charge in [-0.15, -0.1) is 0 Å². The smallest absolute Gasteiger partial charge is 0.255 e. The third-order valence-corrected chi connectivity index (χ3v) is 5.22. The first-order chi connectivity index (χ1) is 12.7. The molecule has 6 nitrogen and oxygen atoms in total. The van der Waals surface area contributed by atoms with Crippen LogP contribution < -0.4 is 4.90 Å². The van der Waals surface area contributed by atoms with E-state index < -0.39 is 0 Å². The number of piperazine rings is 1. The molecule has 0 N–H and O–H groups in total. The number of aryl methyl sites for hydroxylation is 1. The third kappa shape index (κ3) is 3.43. The predicted octanol–water partition coefficient (Wildman–Crippen LogP) is 2.87. The minimum Gasteiger partial charge on any atom is -0.343 e. The number of aromatic nitrogens is 3. The van der Waals surface area contributed by atoms with E-state index in [1.54, 1.807) is 6.20 Å². The molecule has 1 aliphatic rings. The molecule has 132 valence electrons. The summed E-state index contributed by atoms with van der Waals surface area (Å²) in [4.78, 5) is 25.5. The van der Waals surface area contributed by atoms with Gasteiger partial charge in [-0.1, -0.05) is 30.3 Å². The fourth-order valence-electron chi connectivity index (χ4n) is 2.93. The Morgan fingerprint density at radius 3 is 2.50 bits per heavy atom. The molecule has 0 bridgehead atoms. The van der Waals surface area contributed by atoms with Crippen LogP contribution in [0.25, 0.3) is 11.4 Å². The lowest BCUT2D eigenvalue weighted by Gasteiger charge is -2.34. The van der Waals surface area contributed by atoms with Crippen molar-refractivity contribution >= 4 is 22.6 Å². The first kappa shape index (κ1) is 16.7. The summed E-state index contributed by atoms with van der Waals surface area (Å²) in [6.07, 6.45) is 1.65. The van der Waals surface area contributed by atoms with Gasteiger partial charge in [-0.05, 0) is 19.1 Å². The third-order valence-electron chi connectivity index (χ3n) is 4.44. The first-order valence-corrected chi connectivity index (χ1v) is 9.34. The van der Waals surface area contributed by atoms with Crippen molar-refractivity contribution in [1.29, 1.82) is 0 Å². The van der Waals surface area contributed by atoms with Gasteiger partial charge in [-0.25, -0.2) is 0 Å². The topological polar surface area (TPSA) is 62.2 Å². The average molecular weight is 365 g/mol. The van der Waals surface area contributed by atoms with E-state index in [9.17, 15) is 4.79 Å². The van der Waals surface area contributed by atoms with E-state index in [1.165, 1.54) is 11.5 Å². The summed E-state index contributed by atoms with van der Waals surface area (Å²) in [6.45, 7) is 4.78. The molecular weight excluding hydrogens is 346 g/mol. The molecule has 3 heterocycles. The number of hydrogen-bond acceptors (Lipinski definition) is 6. The van der Waals surface area contributed by atoms with Gasteiger partial charge in [0.2, 0.25) is 5.13 Å². The van der Waals surface area contributed by atoms with Gasteiger partial charge in [0.1, 0.15) is 0 Å². The predicted molar refractivity (Wildman–Crippen MR) is 102 cm³/mol. The van der Waals surface area contributed by atoms with E-state index in [4.69, 9.17) is 0 Å². The molecule has 0 aliphatic carbocycles. The Morgan fingerprint density at radius 2 is 1.81 bits per heavy atom. The molecule has 0 radical (unpaired) electrons. The summed E-state index contributed by atoms with van der Waals surface area (Å²) < 4.78 is 4.47. The van der Waals surface area contributed by atoms with Crippen LogP contribution in [-0.4, -0.2) is 51.3 Å². The molecule has 1 saturated heterocycles. The van der Waals surface area contributed by atoms with Crippen LogP contribution in [0.3, 0.4) is 0 Å². The minimum absolute atomic E-state index is 0.0411. The maximum Gasteiger partial charge on any atom is 0.255 e. The summed E-state index contributed by atoms with van der Waals surface area (Å²) in [5.74, 6) is 0.800. The summed E-state index contributed by atoms with van der Waals surface area (Å²) in [5.41, 5.74) is 2.58. The zero-order chi connectivity index (χ0) is 17.9. The molecule has 0 atom stereocenters. The fraction of sp³-hybridized carbons (Fsp3) is 0.263. The lowest BCUT2D eigenvalue weighted by atomic mass is 10.2. The first-order valence-electron chi connectivity index (χ1n) is 8.57. The molecular formula is C19H19N5OS. The van der Waals surface area contributed by atoms with Crippen LogP contribution in [0, 0.1) is 6.92 Å². The molecule has 3 aromatic rings. The molecule has 2 aromatic heterocycles. The largest absolute Gasteiger partial charge is 0.343 e. The van der Waals surface area contributed by atoms with Gasteiger partial charge in [0.15, 0.2) is 5.82 Å². The Balaban J connectivity index is 1.40. The highest BCUT2D eigenvalue weighted by molar-refractivity contribution is 7.09. The summed E-state index contributed by atoms with van der Waals surface area (Å²) in [7, 11) is 0. The van der Waals surface area contributed by atoms with Gasteiger partial charge in [0.05, 0.1) is 5.56 Å². The number of rotatable bonds is 3. The zero-order valence-electron chi connectivity index (χ0n) is 14.5. The molecule has 4 rings (SSSR count). The van der Waals surface area contributed by atoms with Gasteiger partial charge in [-0.2, -0.15) is 9.36 Å². The molecule has 7 heteroatoms. The van der Waals surface area contributed by atoms with Crippen molar-refractivity contribution in [3.8, 4) is 11.4 Å². The average Bonchev–Trinajstić information content (AvgIpc) is 3.19. The van der Waals surface area contributed by atoms with Crippen molar-refractivity contribution in [2.24, 2.45) is 0 Å². The standard InChI is InChI=1S/C19H19N5OS/c1-14-7-8-16(13-20-14)18(25)23-9-11-24(12-10-23)19-21-17(22-26-19)15-5-3-2-4-6-15/h2-8,13H,9-12H2,1H3. The van der Waals surface area contributed by atoms with Crippen LogP contribution in [0.1, 0.15) is 16.1 Å². The van der Waals surface area contributed by atoms with Crippen molar-refractivity contribution in [2.75, 3.05) is 31.1 Å². The van der Waals surface area contributed by atoms with E-state index in [2.05, 4.69) is 19.2 Å². The number of carbonyl (C=O) groups excluding carboxylic acids is 1. The Bertz CT molecular complexity index is 886. The van der Waals surface area contributed by atoms with Crippen molar-refractivity contribution in [1.82, 2.24) is 19.2 Å². The van der Waals surface area contributed by atoms with Crippen LogP contribution in [0.15, 0.2) is 48.7 Å². The van der Waals surface area contributed by atoms with Crippen LogP contribution in [0.5, 0.6) is 0 Å². The molecule has 1 aliphatic heterocycles. The van der Waals surface area contributed by atoms with E-state index >= 15 is 0 Å². The highest BCUT2D eigenvalue weighted by Crippen LogP contribution is 2.24. The number of anilines is 1. The van der Waals surface area contributed by atoms with Crippen LogP contribution in [-0.2, 0) is 0 Å². The number of nitrogens with zero attached hydrogens (tertiary/aromatic N) is 5. The molecule has 26 heavy (non-hydrogen) atoms. The van der Waals surface area contributed by atoms with Gasteiger partial charge in [0, 0.05) is 55.2 Å². The summed E-state index contributed by atoms with van der Waals surface area (Å²) in [5, 5.41) is 0.910. The van der Waals surface area contributed by atoms with Crippen LogP contribution >= 0.6 is 11.5 Å². The van der Waals surface area contributed by atoms with Crippen molar-refractivity contribution < 1.29 is 4.79 Å². The van der Waals surface area contributed by atoms with E-state index in [0.29, 0.717) is 18.7 Å². The molecule has 1 fully saturated rings. The van der Waals surface area contributed by atoms with Gasteiger partial charge in [-0.3, -0.25) is 9.78 Å². The molecule has 0 spiro atoms. The van der Waals surface area contributed by atoms with Gasteiger partial charge < -0.3 is 9.80 Å². The summed E-state index contributed by atoms with van der Waals surface area (Å²) in [6, 6.07) is 13.7. The molecule has 0 saturated carbocycles. The van der Waals surface area contributed by atoms with Crippen LogP contribution in [0.4, 0.5) is 5.13 Å². The summed E-state index contributed by atoms with van der Waals surface area (Å²) >= 11 is 1.41. The molecule has 1 amide bonds. The molecule has 0 unspecified atom stereocenters. The number of carbonyl (C=O) groups is 1. The second-order valence-corrected chi connectivity index (χ2v) is 6.96. The Hall–Kier alpha value is -2.80. The quantitative estimate of drug-likeness (QED) is 0.714. The Labute approximate surface area is 156 Å². The Morgan fingerprint density at radius 1 is 1.04 bits per heavy atom. The van der Waals surface area contributed by atoms with E-state index in [1.807, 2.05) is 54.3 Å². The number of pyridine rings is 1. The highest BCUT2D eigenvalue weighted by Gasteiger charge is 2.24. The van der Waals surface area contributed by atoms with Crippen molar-refractivity contribution in [2.45, 2.75) is 6.92 Å². The van der Waals surface area contributed by atoms with Crippen LogP contribution in [0.2, 0.25) is 0 Å². The van der Waals surface area contributed by atoms with Gasteiger partial charge in [0.25, 0.3) is 5.91 Å². The number of hydrogen-bond donors (Lipinski definition) is 0. The SMILES string of the molecule is Cc1ccc(C(=O)N2CCN(c3nc(-c4ccccc4)ns3)CC2)cn1. The second kappa shape index (κ2) is 7.21. The van der Waals surface area contributed by atoms with E-state index in [0.717, 1.165) is 35.3 Å². The zero-order valence-corrected chi connectivity index (χ0v) is 15.3. The highest BCUT2D eigenvalue weighted by atomic mass is 32.1. The Kier molecular flexibility index (Phi) is 4.62. The van der Waals surface area contributed by atoms with Crippen molar-refractivity contribution in [3.63, 3.8) is 0 Å². The number of amides is 1. The van der Waals surface area contributed by atoms with Crippen molar-refractivity contribution in [3.05, 3.63) is 59.9 Å². The lowest BCUT2D eigenvalue weighted by molar-refractivity contribution is 0.0746. The minimum atomic E-state index is 0.0411. The van der Waals surface area contributed by atoms with E-state index in [-0.39, 0.29) is 5.91 Å². The normalized spacial score (nSPS) is 14.5. The second-order valence-electron chi connectivity index (χ2n) is 6.23. The van der Waals surface area contributed by atoms with Gasteiger partial charge >= 0.3 is 0 Å². The molecule has 1 aromatic carbocycles. The number of benzene rings is 1.